The zero-order chi connectivity index (χ0) is 36.7. The number of halogens is 13. The third-order valence-electron chi connectivity index (χ3n) is 6.40. The van der Waals surface area contributed by atoms with E-state index < -0.39 is 51.0 Å². The second-order valence-corrected chi connectivity index (χ2v) is 12.3. The van der Waals surface area contributed by atoms with E-state index in [0.717, 1.165) is 28.8 Å². The van der Waals surface area contributed by atoms with E-state index in [-0.39, 0.29) is 5.56 Å². The number of alkyl halides is 13. The highest BCUT2D eigenvalue weighted by molar-refractivity contribution is 7.88. The average molecular weight is 754 g/mol. The van der Waals surface area contributed by atoms with Gasteiger partial charge in [0.25, 0.3) is 0 Å². The molecule has 0 bridgehead atoms. The smallest absolute Gasteiger partial charge is 0.378 e. The molecule has 0 N–H and O–H groups in total. The fraction of sp³-hybridized carbons (Fsp3) is 0.214. The molecule has 0 saturated carbocycles. The zero-order valence-corrected chi connectivity index (χ0v) is 25.2. The van der Waals surface area contributed by atoms with Gasteiger partial charge < -0.3 is 4.18 Å². The Morgan fingerprint density at radius 3 is 1.69 bits per heavy atom. The third kappa shape index (κ3) is 6.64. The Morgan fingerprint density at radius 1 is 0.653 bits per heavy atom. The van der Waals surface area contributed by atoms with Crippen LogP contribution in [0.15, 0.2) is 101 Å². The van der Waals surface area contributed by atoms with Gasteiger partial charge in [0.15, 0.2) is 0 Å². The van der Waals surface area contributed by atoms with E-state index in [2.05, 4.69) is 14.4 Å². The molecule has 0 aliphatic heterocycles. The molecule has 0 amide bonds. The van der Waals surface area contributed by atoms with Crippen molar-refractivity contribution in [3.8, 4) is 21.9 Å². The van der Waals surface area contributed by atoms with Gasteiger partial charge in [-0.15, -0.1) is 5.10 Å². The summed E-state index contributed by atoms with van der Waals surface area (Å²) in [5, 5.41) is 0.524. The fourth-order valence-corrected chi connectivity index (χ4v) is 5.63. The Bertz CT molecular complexity index is 1980. The summed E-state index contributed by atoms with van der Waals surface area (Å²) in [4.78, 5) is 1.14. The summed E-state index contributed by atoms with van der Waals surface area (Å²) < 4.78 is 203. The Hall–Kier alpha value is -4.40. The van der Waals surface area contributed by atoms with Crippen LogP contribution in [0.3, 0.4) is 0 Å². The molecule has 3 aromatic carbocycles. The van der Waals surface area contributed by atoms with Crippen molar-refractivity contribution in [3.05, 3.63) is 101 Å². The third-order valence-corrected chi connectivity index (χ3v) is 8.72. The van der Waals surface area contributed by atoms with E-state index >= 15 is 0 Å². The molecule has 0 aliphatic rings. The van der Waals surface area contributed by atoms with Crippen molar-refractivity contribution in [2.75, 3.05) is 0 Å². The molecule has 49 heavy (non-hydrogen) atoms. The summed E-state index contributed by atoms with van der Waals surface area (Å²) in [5.74, 6) is -34.0. The molecule has 0 spiro atoms. The van der Waals surface area contributed by atoms with Gasteiger partial charge in [-0.3, -0.25) is 4.57 Å². The van der Waals surface area contributed by atoms with Crippen molar-refractivity contribution in [3.63, 3.8) is 0 Å². The van der Waals surface area contributed by atoms with E-state index in [1.54, 1.807) is 41.1 Å². The SMILES string of the molecule is O=S(=O)(Oc1ccc(/C=N/N=c2/sc(-c3ccccc3)cn2-c2ccccc2)cc1)C(F)(F)C(F)(F)C(F)(F)C(F)(F)C(F)(F)C(F)(F)F. The lowest BCUT2D eigenvalue weighted by molar-refractivity contribution is -0.433. The molecule has 264 valence electrons. The van der Waals surface area contributed by atoms with Gasteiger partial charge in [0, 0.05) is 11.9 Å². The molecule has 4 aromatic rings. The van der Waals surface area contributed by atoms with Gasteiger partial charge in [-0.1, -0.05) is 59.9 Å². The molecule has 0 atom stereocenters. The van der Waals surface area contributed by atoms with Gasteiger partial charge in [0.2, 0.25) is 4.80 Å². The topological polar surface area (TPSA) is 73.0 Å². The highest BCUT2D eigenvalue weighted by Crippen LogP contribution is 2.61. The van der Waals surface area contributed by atoms with Crippen molar-refractivity contribution in [1.82, 2.24) is 4.57 Å². The molecule has 1 aromatic heterocycles. The van der Waals surface area contributed by atoms with Crippen molar-refractivity contribution < 1.29 is 69.7 Å². The van der Waals surface area contributed by atoms with Crippen molar-refractivity contribution in [2.24, 2.45) is 10.2 Å². The van der Waals surface area contributed by atoms with Crippen LogP contribution in [0.25, 0.3) is 16.1 Å². The van der Waals surface area contributed by atoms with Gasteiger partial charge >= 0.3 is 45.2 Å². The number of benzene rings is 3. The van der Waals surface area contributed by atoms with Crippen LogP contribution in [0, 0.1) is 0 Å². The summed E-state index contributed by atoms with van der Waals surface area (Å²) in [6.07, 6.45) is -4.81. The molecule has 6 nitrogen and oxygen atoms in total. The van der Waals surface area contributed by atoms with Gasteiger partial charge in [0.05, 0.1) is 11.1 Å². The Labute approximate surface area is 270 Å². The lowest BCUT2D eigenvalue weighted by atomic mass is 9.98. The van der Waals surface area contributed by atoms with E-state index in [1.165, 1.54) is 11.3 Å². The second kappa shape index (κ2) is 12.8. The highest BCUT2D eigenvalue weighted by atomic mass is 32.2. The van der Waals surface area contributed by atoms with Crippen LogP contribution >= 0.6 is 11.3 Å². The van der Waals surface area contributed by atoms with Crippen LogP contribution in [0.2, 0.25) is 0 Å². The molecule has 21 heteroatoms. The first-order chi connectivity index (χ1) is 22.5. The summed E-state index contributed by atoms with van der Waals surface area (Å²) in [5.41, 5.74) is 1.58. The maximum absolute atomic E-state index is 14.2. The first kappa shape index (κ1) is 37.4. The first-order valence-corrected chi connectivity index (χ1v) is 15.1. The Morgan fingerprint density at radius 2 is 1.16 bits per heavy atom. The van der Waals surface area contributed by atoms with Crippen molar-refractivity contribution >= 4 is 27.7 Å². The molecule has 1 heterocycles. The number of hydrogen-bond acceptors (Lipinski definition) is 6. The molecular weight excluding hydrogens is 737 g/mol. The standard InChI is InChI=1S/C28H16F13N3O3S2/c29-23(30,25(33,34)27(37,38)39)24(31,32)26(35,36)28(40,41)49(45,46)47-20-13-11-17(12-14-20)15-42-43-22-44(19-9-5-2-6-10-19)16-21(48-22)18-7-3-1-4-8-18/h1-16H/b42-15+,43-22+. The van der Waals surface area contributed by atoms with Gasteiger partial charge in [-0.05, 0) is 47.5 Å². The molecule has 0 radical (unpaired) electrons. The quantitative estimate of drug-likeness (QED) is 0.0668. The summed E-state index contributed by atoms with van der Waals surface area (Å²) in [6.45, 7) is 0. The molecular formula is C28H16F13N3O3S2. The number of aromatic nitrogens is 1. The highest BCUT2D eigenvalue weighted by Gasteiger charge is 2.93. The second-order valence-electron chi connectivity index (χ2n) is 9.71. The first-order valence-electron chi connectivity index (χ1n) is 12.9. The largest absolute Gasteiger partial charge is 0.460 e. The van der Waals surface area contributed by atoms with Crippen molar-refractivity contribution in [2.45, 2.75) is 35.1 Å². The van der Waals surface area contributed by atoms with Crippen LogP contribution in [-0.2, 0) is 10.1 Å². The Kier molecular flexibility index (Phi) is 9.78. The molecule has 0 unspecified atom stereocenters. The van der Waals surface area contributed by atoms with Gasteiger partial charge in [0.1, 0.15) is 5.75 Å². The van der Waals surface area contributed by atoms with Gasteiger partial charge in [-0.25, -0.2) is 0 Å². The number of thiazole rings is 1. The number of rotatable bonds is 11. The van der Waals surface area contributed by atoms with E-state index in [0.29, 0.717) is 22.6 Å². The lowest BCUT2D eigenvalue weighted by Crippen LogP contribution is -2.71. The minimum Gasteiger partial charge on any atom is -0.378 e. The molecule has 0 fully saturated rings. The number of para-hydroxylation sites is 1. The van der Waals surface area contributed by atoms with E-state index in [1.807, 2.05) is 30.3 Å². The van der Waals surface area contributed by atoms with Crippen LogP contribution in [0.4, 0.5) is 57.1 Å². The molecule has 4 rings (SSSR count). The van der Waals surface area contributed by atoms with E-state index in [9.17, 15) is 65.5 Å². The number of nitrogens with zero attached hydrogens (tertiary/aromatic N) is 3. The predicted molar refractivity (Wildman–Crippen MR) is 149 cm³/mol. The maximum atomic E-state index is 14.2. The van der Waals surface area contributed by atoms with Crippen LogP contribution in [-0.4, -0.2) is 54.3 Å². The molecule has 0 saturated heterocycles. The summed E-state index contributed by atoms with van der Waals surface area (Å²) >= 11 is 1.23. The van der Waals surface area contributed by atoms with Crippen molar-refractivity contribution in [1.29, 1.82) is 0 Å². The van der Waals surface area contributed by atoms with Crippen LogP contribution in [0.5, 0.6) is 5.75 Å². The number of hydrogen-bond donors (Lipinski definition) is 0. The van der Waals surface area contributed by atoms with Crippen LogP contribution in [0.1, 0.15) is 5.56 Å². The molecule has 0 aliphatic carbocycles. The van der Waals surface area contributed by atoms with Gasteiger partial charge in [-0.2, -0.15) is 70.6 Å². The zero-order valence-electron chi connectivity index (χ0n) is 23.5. The monoisotopic (exact) mass is 753 g/mol. The van der Waals surface area contributed by atoms with E-state index in [4.69, 9.17) is 0 Å². The summed E-state index contributed by atoms with van der Waals surface area (Å²) in [7, 11) is -7.49. The fourth-order valence-electron chi connectivity index (χ4n) is 3.77. The normalized spacial score (nSPS) is 14.4. The minimum atomic E-state index is -8.30. The minimum absolute atomic E-state index is 0.0252. The predicted octanol–water partition coefficient (Wildman–Crippen LogP) is 8.55. The Balaban J connectivity index is 1.58. The maximum Gasteiger partial charge on any atom is 0.460 e. The summed E-state index contributed by atoms with van der Waals surface area (Å²) in [6, 6.07) is 20.7. The lowest BCUT2D eigenvalue weighted by Gasteiger charge is -2.38. The average Bonchev–Trinajstić information content (AvgIpc) is 3.46. The van der Waals surface area contributed by atoms with Crippen LogP contribution < -0.4 is 8.98 Å².